The predicted octanol–water partition coefficient (Wildman–Crippen LogP) is 7.78. The topological polar surface area (TPSA) is 61.8 Å². The minimum absolute atomic E-state index is 0.0312. The number of carbonyl (C=O) groups is 2. The third kappa shape index (κ3) is 18.1. The van der Waals surface area contributed by atoms with Crippen LogP contribution in [-0.2, 0) is 23.8 Å². The fourth-order valence-electron chi connectivity index (χ4n) is 4.08. The van der Waals surface area contributed by atoms with E-state index in [1.54, 1.807) is 0 Å². The Morgan fingerprint density at radius 3 is 1.94 bits per heavy atom. The molecule has 33 heavy (non-hydrogen) atoms. The third-order valence-electron chi connectivity index (χ3n) is 6.09. The molecule has 1 unspecified atom stereocenters. The molecule has 1 aliphatic heterocycles. The molecule has 0 spiro atoms. The van der Waals surface area contributed by atoms with Crippen LogP contribution in [0.4, 0.5) is 0 Å². The molecule has 196 valence electrons. The fraction of sp³-hybridized carbons (Fsp3) is 0.929. The van der Waals surface area contributed by atoms with E-state index in [1.165, 1.54) is 44.9 Å². The lowest BCUT2D eigenvalue weighted by molar-refractivity contribution is -0.170. The number of rotatable bonds is 19. The maximum absolute atomic E-state index is 11.2. The first-order valence-electron chi connectivity index (χ1n) is 13.9. The molecule has 0 radical (unpaired) electrons. The number of hydrogen-bond donors (Lipinski definition) is 0. The van der Waals surface area contributed by atoms with E-state index in [2.05, 4.69) is 20.8 Å². The molecule has 0 saturated carbocycles. The Balaban J connectivity index is 0.000000728. The van der Waals surface area contributed by atoms with Crippen molar-refractivity contribution in [1.29, 1.82) is 0 Å². The number of esters is 1. The van der Waals surface area contributed by atoms with Crippen LogP contribution in [0.2, 0.25) is 0 Å². The Morgan fingerprint density at radius 1 is 0.818 bits per heavy atom. The van der Waals surface area contributed by atoms with Gasteiger partial charge in [0.05, 0.1) is 19.3 Å². The van der Waals surface area contributed by atoms with Gasteiger partial charge in [-0.15, -0.1) is 0 Å². The van der Waals surface area contributed by atoms with Crippen LogP contribution in [0.5, 0.6) is 0 Å². The second-order valence-electron chi connectivity index (χ2n) is 9.70. The van der Waals surface area contributed by atoms with E-state index in [0.717, 1.165) is 57.7 Å². The lowest BCUT2D eigenvalue weighted by atomic mass is 9.93. The molecule has 0 aromatic heterocycles. The van der Waals surface area contributed by atoms with Crippen molar-refractivity contribution in [3.8, 4) is 0 Å². The number of hydrogen-bond acceptors (Lipinski definition) is 5. The molecule has 0 aromatic carbocycles. The van der Waals surface area contributed by atoms with Crippen molar-refractivity contribution >= 4 is 12.3 Å². The molecule has 0 N–H and O–H groups in total. The molecular weight excluding hydrogens is 416 g/mol. The van der Waals surface area contributed by atoms with Crippen LogP contribution in [0.15, 0.2) is 0 Å². The Labute approximate surface area is 204 Å². The van der Waals surface area contributed by atoms with Gasteiger partial charge in [0.1, 0.15) is 6.29 Å². The maximum Gasteiger partial charge on any atom is 0.306 e. The minimum Gasteiger partial charge on any atom is -0.463 e. The van der Waals surface area contributed by atoms with Gasteiger partial charge >= 0.3 is 5.97 Å². The lowest BCUT2D eigenvalue weighted by Crippen LogP contribution is -2.31. The van der Waals surface area contributed by atoms with E-state index in [9.17, 15) is 9.59 Å². The summed E-state index contributed by atoms with van der Waals surface area (Å²) >= 11 is 0. The molecule has 1 atom stereocenters. The van der Waals surface area contributed by atoms with Gasteiger partial charge in [0.2, 0.25) is 0 Å². The molecule has 1 heterocycles. The summed E-state index contributed by atoms with van der Waals surface area (Å²) in [5, 5.41) is 0. The summed E-state index contributed by atoms with van der Waals surface area (Å²) in [6.07, 6.45) is 18.6. The first-order chi connectivity index (χ1) is 15.9. The van der Waals surface area contributed by atoms with Crippen molar-refractivity contribution in [2.75, 3.05) is 13.2 Å². The highest BCUT2D eigenvalue weighted by Gasteiger charge is 2.36. The lowest BCUT2D eigenvalue weighted by Gasteiger charge is -2.28. The molecular formula is C28H54O5. The highest BCUT2D eigenvalue weighted by Crippen LogP contribution is 2.32. The van der Waals surface area contributed by atoms with Crippen LogP contribution in [0.3, 0.4) is 0 Å². The van der Waals surface area contributed by atoms with Crippen LogP contribution in [0.25, 0.3) is 0 Å². The SMILES string of the molecule is CCCCCCC(=O)OC(C)C.CCCCCCCC1(CCC(C=O)CCCC)OCCO1. The number of carbonyl (C=O) groups excluding carboxylic acids is 2. The predicted molar refractivity (Wildman–Crippen MR) is 136 cm³/mol. The Morgan fingerprint density at radius 2 is 1.39 bits per heavy atom. The minimum atomic E-state index is -0.389. The Bertz CT molecular complexity index is 457. The van der Waals surface area contributed by atoms with Crippen molar-refractivity contribution < 1.29 is 23.8 Å². The quantitative estimate of drug-likeness (QED) is 0.109. The van der Waals surface area contributed by atoms with Gasteiger partial charge in [0.15, 0.2) is 5.79 Å². The molecule has 5 heteroatoms. The summed E-state index contributed by atoms with van der Waals surface area (Å²) in [6.45, 7) is 11.7. The summed E-state index contributed by atoms with van der Waals surface area (Å²) in [5.74, 6) is -0.268. The first-order valence-corrected chi connectivity index (χ1v) is 13.9. The molecule has 5 nitrogen and oxygen atoms in total. The summed E-state index contributed by atoms with van der Waals surface area (Å²) in [7, 11) is 0. The monoisotopic (exact) mass is 470 g/mol. The van der Waals surface area contributed by atoms with E-state index >= 15 is 0 Å². The maximum atomic E-state index is 11.2. The average molecular weight is 471 g/mol. The molecule has 0 amide bonds. The molecule has 1 saturated heterocycles. The van der Waals surface area contributed by atoms with Gasteiger partial charge in [-0.2, -0.15) is 0 Å². The van der Waals surface area contributed by atoms with Crippen LogP contribution in [-0.4, -0.2) is 37.4 Å². The molecule has 1 fully saturated rings. The van der Waals surface area contributed by atoms with E-state index in [4.69, 9.17) is 14.2 Å². The van der Waals surface area contributed by atoms with Gasteiger partial charge in [-0.3, -0.25) is 4.79 Å². The van der Waals surface area contributed by atoms with Crippen LogP contribution in [0, 0.1) is 5.92 Å². The van der Waals surface area contributed by atoms with Crippen molar-refractivity contribution in [2.24, 2.45) is 5.92 Å². The molecule has 0 bridgehead atoms. The van der Waals surface area contributed by atoms with Crippen LogP contribution in [0.1, 0.15) is 137 Å². The third-order valence-corrected chi connectivity index (χ3v) is 6.09. The van der Waals surface area contributed by atoms with Crippen molar-refractivity contribution in [3.05, 3.63) is 0 Å². The van der Waals surface area contributed by atoms with E-state index in [1.807, 2.05) is 13.8 Å². The van der Waals surface area contributed by atoms with E-state index in [0.29, 0.717) is 19.6 Å². The van der Waals surface area contributed by atoms with E-state index in [-0.39, 0.29) is 23.8 Å². The van der Waals surface area contributed by atoms with Crippen molar-refractivity contribution in [3.63, 3.8) is 0 Å². The zero-order chi connectivity index (χ0) is 24.8. The van der Waals surface area contributed by atoms with E-state index < -0.39 is 0 Å². The normalized spacial score (nSPS) is 15.7. The summed E-state index contributed by atoms with van der Waals surface area (Å²) in [6, 6.07) is 0. The molecule has 1 rings (SSSR count). The van der Waals surface area contributed by atoms with Gasteiger partial charge < -0.3 is 19.0 Å². The van der Waals surface area contributed by atoms with Gasteiger partial charge in [0.25, 0.3) is 0 Å². The average Bonchev–Trinajstić information content (AvgIpc) is 3.26. The highest BCUT2D eigenvalue weighted by atomic mass is 16.7. The molecule has 0 aliphatic carbocycles. The summed E-state index contributed by atoms with van der Waals surface area (Å²) < 4.78 is 16.8. The van der Waals surface area contributed by atoms with Crippen molar-refractivity contribution in [1.82, 2.24) is 0 Å². The zero-order valence-corrected chi connectivity index (χ0v) is 22.5. The van der Waals surface area contributed by atoms with Gasteiger partial charge in [-0.25, -0.2) is 0 Å². The number of ether oxygens (including phenoxy) is 3. The van der Waals surface area contributed by atoms with Crippen LogP contribution < -0.4 is 0 Å². The second kappa shape index (κ2) is 21.6. The Kier molecular flexibility index (Phi) is 21.0. The smallest absolute Gasteiger partial charge is 0.306 e. The fourth-order valence-corrected chi connectivity index (χ4v) is 4.08. The summed E-state index contributed by atoms with van der Waals surface area (Å²) in [5.41, 5.74) is 0. The Hall–Kier alpha value is -0.940. The summed E-state index contributed by atoms with van der Waals surface area (Å²) in [4.78, 5) is 22.2. The second-order valence-corrected chi connectivity index (χ2v) is 9.70. The number of aldehydes is 1. The van der Waals surface area contributed by atoms with Crippen LogP contribution >= 0.6 is 0 Å². The van der Waals surface area contributed by atoms with Crippen molar-refractivity contribution in [2.45, 2.75) is 149 Å². The van der Waals surface area contributed by atoms with Gasteiger partial charge in [-0.1, -0.05) is 78.6 Å². The number of unbranched alkanes of at least 4 members (excludes halogenated alkanes) is 8. The molecule has 0 aromatic rings. The van der Waals surface area contributed by atoms with Gasteiger partial charge in [0, 0.05) is 25.2 Å². The largest absolute Gasteiger partial charge is 0.463 e. The first kappa shape index (κ1) is 32.1. The highest BCUT2D eigenvalue weighted by molar-refractivity contribution is 5.69. The molecule has 1 aliphatic rings. The van der Waals surface area contributed by atoms with Gasteiger partial charge in [-0.05, 0) is 39.5 Å². The standard InChI is InChI=1S/C18H34O3.C10H20O2/c1-3-5-7-8-9-12-18(20-14-15-21-18)13-11-17(16-19)10-6-4-2;1-4-5-6-7-8-10(11)12-9(2)3/h16-17H,3-15H2,1-2H3;9H,4-8H2,1-3H3. The zero-order valence-electron chi connectivity index (χ0n) is 22.5.